The highest BCUT2D eigenvalue weighted by atomic mass is 35.5. The molecular weight excluding hydrogens is 218 g/mol. The molecule has 1 rings (SSSR count). The molecule has 15 heavy (non-hydrogen) atoms. The van der Waals surface area contributed by atoms with Crippen molar-refractivity contribution in [2.45, 2.75) is 13.5 Å². The van der Waals surface area contributed by atoms with Crippen molar-refractivity contribution in [1.29, 1.82) is 0 Å². The molecule has 0 spiro atoms. The number of benzene rings is 1. The molecular formula is C10H10ClNO3. The van der Waals surface area contributed by atoms with Gasteiger partial charge in [-0.2, -0.15) is 0 Å². The van der Waals surface area contributed by atoms with E-state index in [1.807, 2.05) is 0 Å². The van der Waals surface area contributed by atoms with Crippen LogP contribution in [0.5, 0.6) is 0 Å². The lowest BCUT2D eigenvalue weighted by Gasteiger charge is -2.05. The van der Waals surface area contributed by atoms with Crippen molar-refractivity contribution in [2.75, 3.05) is 0 Å². The van der Waals surface area contributed by atoms with E-state index in [0.717, 1.165) is 0 Å². The minimum absolute atomic E-state index is 0.0744. The molecule has 5 heteroatoms. The van der Waals surface area contributed by atoms with Crippen LogP contribution in [0.3, 0.4) is 0 Å². The summed E-state index contributed by atoms with van der Waals surface area (Å²) in [4.78, 5) is 21.3. The highest BCUT2D eigenvalue weighted by molar-refractivity contribution is 6.31. The quantitative estimate of drug-likeness (QED) is 0.779. The van der Waals surface area contributed by atoms with Gasteiger partial charge in [0.25, 0.3) is 0 Å². The summed E-state index contributed by atoms with van der Waals surface area (Å²) in [5.41, 5.74) is 1.16. The highest BCUT2D eigenvalue weighted by Gasteiger charge is 2.05. The minimum Gasteiger partial charge on any atom is -0.465 e. The van der Waals surface area contributed by atoms with E-state index in [1.165, 1.54) is 13.0 Å². The van der Waals surface area contributed by atoms with E-state index in [4.69, 9.17) is 16.7 Å². The summed E-state index contributed by atoms with van der Waals surface area (Å²) in [6.45, 7) is 1.58. The van der Waals surface area contributed by atoms with Crippen LogP contribution < -0.4 is 5.32 Å². The Morgan fingerprint density at radius 3 is 2.60 bits per heavy atom. The number of Topliss-reactive ketones (excluding diaryl/α,β-unsaturated/α-hetero) is 1. The van der Waals surface area contributed by atoms with E-state index >= 15 is 0 Å². The number of carboxylic acid groups (broad SMARTS) is 1. The summed E-state index contributed by atoms with van der Waals surface area (Å²) < 4.78 is 0. The van der Waals surface area contributed by atoms with Gasteiger partial charge in [-0.1, -0.05) is 23.7 Å². The van der Waals surface area contributed by atoms with Crippen molar-refractivity contribution in [3.8, 4) is 0 Å². The Balaban J connectivity index is 2.83. The van der Waals surface area contributed by atoms with Gasteiger partial charge in [0.1, 0.15) is 0 Å². The number of hydrogen-bond acceptors (Lipinski definition) is 2. The molecule has 1 amide bonds. The Kier molecular flexibility index (Phi) is 3.68. The van der Waals surface area contributed by atoms with Gasteiger partial charge >= 0.3 is 6.09 Å². The van der Waals surface area contributed by atoms with Crippen LogP contribution in [-0.2, 0) is 6.54 Å². The molecule has 2 N–H and O–H groups in total. The SMILES string of the molecule is CC(=O)c1ccc(CNC(=O)O)c(Cl)c1. The van der Waals surface area contributed by atoms with E-state index in [9.17, 15) is 9.59 Å². The molecule has 0 radical (unpaired) electrons. The number of rotatable bonds is 3. The van der Waals surface area contributed by atoms with Gasteiger partial charge < -0.3 is 10.4 Å². The summed E-state index contributed by atoms with van der Waals surface area (Å²) in [5.74, 6) is -0.0744. The van der Waals surface area contributed by atoms with Gasteiger partial charge in [-0.25, -0.2) is 4.79 Å². The van der Waals surface area contributed by atoms with Crippen LogP contribution in [0.4, 0.5) is 4.79 Å². The first kappa shape index (κ1) is 11.5. The van der Waals surface area contributed by atoms with E-state index in [0.29, 0.717) is 16.1 Å². The fourth-order valence-corrected chi connectivity index (χ4v) is 1.33. The van der Waals surface area contributed by atoms with Crippen molar-refractivity contribution >= 4 is 23.5 Å². The average Bonchev–Trinajstić information content (AvgIpc) is 2.15. The maximum Gasteiger partial charge on any atom is 0.404 e. The van der Waals surface area contributed by atoms with Gasteiger partial charge in [-0.15, -0.1) is 0 Å². The average molecular weight is 228 g/mol. The molecule has 0 bridgehead atoms. The molecule has 4 nitrogen and oxygen atoms in total. The second-order valence-electron chi connectivity index (χ2n) is 3.02. The number of ketones is 1. The smallest absolute Gasteiger partial charge is 0.404 e. The molecule has 1 aromatic rings. The fourth-order valence-electron chi connectivity index (χ4n) is 1.08. The van der Waals surface area contributed by atoms with Gasteiger partial charge in [-0.3, -0.25) is 4.79 Å². The summed E-state index contributed by atoms with van der Waals surface area (Å²) in [6, 6.07) is 4.78. The second kappa shape index (κ2) is 4.79. The summed E-state index contributed by atoms with van der Waals surface area (Å²) in [5, 5.41) is 11.0. The predicted molar refractivity (Wildman–Crippen MR) is 56.3 cm³/mol. The van der Waals surface area contributed by atoms with Gasteiger partial charge in [0, 0.05) is 17.1 Å². The molecule has 0 aliphatic rings. The molecule has 0 saturated carbocycles. The number of hydrogen-bond donors (Lipinski definition) is 2. The second-order valence-corrected chi connectivity index (χ2v) is 3.43. The molecule has 0 atom stereocenters. The third-order valence-corrected chi connectivity index (χ3v) is 2.24. The van der Waals surface area contributed by atoms with Crippen LogP contribution in [0.2, 0.25) is 5.02 Å². The van der Waals surface area contributed by atoms with Crippen molar-refractivity contribution in [2.24, 2.45) is 0 Å². The maximum atomic E-state index is 11.0. The standard InChI is InChI=1S/C10H10ClNO3/c1-6(13)7-2-3-8(9(11)4-7)5-12-10(14)15/h2-4,12H,5H2,1H3,(H,14,15). The fraction of sp³-hybridized carbons (Fsp3) is 0.200. The van der Waals surface area contributed by atoms with E-state index in [1.54, 1.807) is 12.1 Å². The zero-order valence-corrected chi connectivity index (χ0v) is 8.84. The van der Waals surface area contributed by atoms with Crippen LogP contribution in [-0.4, -0.2) is 17.0 Å². The Morgan fingerprint density at radius 1 is 1.47 bits per heavy atom. The number of amides is 1. The predicted octanol–water partition coefficient (Wildman–Crippen LogP) is 2.31. The molecule has 0 unspecified atom stereocenters. The monoisotopic (exact) mass is 227 g/mol. The number of nitrogens with one attached hydrogen (secondary N) is 1. The molecule has 0 aromatic heterocycles. The lowest BCUT2D eigenvalue weighted by Crippen LogP contribution is -2.20. The molecule has 80 valence electrons. The molecule has 0 aliphatic heterocycles. The Morgan fingerprint density at radius 2 is 2.13 bits per heavy atom. The third-order valence-electron chi connectivity index (χ3n) is 1.89. The molecule has 1 aromatic carbocycles. The van der Waals surface area contributed by atoms with Gasteiger partial charge in [0.2, 0.25) is 0 Å². The summed E-state index contributed by atoms with van der Waals surface area (Å²) in [6.07, 6.45) is -1.11. The number of carbonyl (C=O) groups is 2. The summed E-state index contributed by atoms with van der Waals surface area (Å²) in [7, 11) is 0. The zero-order chi connectivity index (χ0) is 11.4. The van der Waals surface area contributed by atoms with Gasteiger partial charge in [0.05, 0.1) is 0 Å². The Hall–Kier alpha value is -1.55. The lowest BCUT2D eigenvalue weighted by molar-refractivity contribution is 0.101. The van der Waals surface area contributed by atoms with Crippen molar-refractivity contribution in [3.63, 3.8) is 0 Å². The zero-order valence-electron chi connectivity index (χ0n) is 8.08. The third kappa shape index (κ3) is 3.25. The molecule has 0 aliphatic carbocycles. The first-order valence-electron chi connectivity index (χ1n) is 4.27. The van der Waals surface area contributed by atoms with E-state index < -0.39 is 6.09 Å². The Labute approximate surface area is 91.9 Å². The molecule has 0 saturated heterocycles. The van der Waals surface area contributed by atoms with Crippen molar-refractivity contribution < 1.29 is 14.7 Å². The summed E-state index contributed by atoms with van der Waals surface area (Å²) >= 11 is 5.87. The minimum atomic E-state index is -1.11. The van der Waals surface area contributed by atoms with Gasteiger partial charge in [0.15, 0.2) is 5.78 Å². The van der Waals surface area contributed by atoms with Crippen molar-refractivity contribution in [3.05, 3.63) is 34.3 Å². The topological polar surface area (TPSA) is 66.4 Å². The highest BCUT2D eigenvalue weighted by Crippen LogP contribution is 2.18. The normalized spacial score (nSPS) is 9.73. The number of carbonyl (C=O) groups excluding carboxylic acids is 1. The van der Waals surface area contributed by atoms with Crippen LogP contribution in [0.1, 0.15) is 22.8 Å². The molecule has 0 heterocycles. The number of halogens is 1. The van der Waals surface area contributed by atoms with Gasteiger partial charge in [-0.05, 0) is 18.6 Å². The lowest BCUT2D eigenvalue weighted by atomic mass is 10.1. The Bertz CT molecular complexity index is 404. The van der Waals surface area contributed by atoms with E-state index in [-0.39, 0.29) is 12.3 Å². The van der Waals surface area contributed by atoms with Crippen LogP contribution in [0.15, 0.2) is 18.2 Å². The van der Waals surface area contributed by atoms with Crippen LogP contribution >= 0.6 is 11.6 Å². The van der Waals surface area contributed by atoms with Crippen LogP contribution in [0, 0.1) is 0 Å². The first-order valence-corrected chi connectivity index (χ1v) is 4.64. The first-order chi connectivity index (χ1) is 7.00. The van der Waals surface area contributed by atoms with Crippen LogP contribution in [0.25, 0.3) is 0 Å². The molecule has 0 fully saturated rings. The largest absolute Gasteiger partial charge is 0.465 e. The van der Waals surface area contributed by atoms with E-state index in [2.05, 4.69) is 5.32 Å². The maximum absolute atomic E-state index is 11.0. The van der Waals surface area contributed by atoms with Crippen molar-refractivity contribution in [1.82, 2.24) is 5.32 Å².